The van der Waals surface area contributed by atoms with Crippen molar-refractivity contribution in [3.05, 3.63) is 33.3 Å². The third-order valence-electron chi connectivity index (χ3n) is 3.08. The van der Waals surface area contributed by atoms with Gasteiger partial charge in [-0.3, -0.25) is 0 Å². The van der Waals surface area contributed by atoms with Crippen LogP contribution in [0.2, 0.25) is 0 Å². The van der Waals surface area contributed by atoms with E-state index in [1.54, 1.807) is 0 Å². The van der Waals surface area contributed by atoms with Gasteiger partial charge in [-0.25, -0.2) is 0 Å². The van der Waals surface area contributed by atoms with Gasteiger partial charge in [0, 0.05) is 10.5 Å². The summed E-state index contributed by atoms with van der Waals surface area (Å²) in [4.78, 5) is 0. The minimum atomic E-state index is 0.576. The van der Waals surface area contributed by atoms with Gasteiger partial charge < -0.3 is 5.32 Å². The molecular formula is C12H16BrN. The van der Waals surface area contributed by atoms with Crippen LogP contribution in [0.5, 0.6) is 0 Å². The number of nitrogens with one attached hydrogen (secondary N) is 1. The second-order valence-corrected chi connectivity index (χ2v) is 4.91. The lowest BCUT2D eigenvalue weighted by atomic mass is 9.95. The Bertz CT molecular complexity index is 340. The summed E-state index contributed by atoms with van der Waals surface area (Å²) in [5.74, 6) is 0. The Labute approximate surface area is 94.0 Å². The molecule has 0 aliphatic carbocycles. The Morgan fingerprint density at radius 3 is 2.79 bits per heavy atom. The molecule has 1 atom stereocenters. The molecule has 0 aromatic heterocycles. The van der Waals surface area contributed by atoms with Crippen LogP contribution >= 0.6 is 15.9 Å². The molecule has 1 heterocycles. The van der Waals surface area contributed by atoms with Gasteiger partial charge in [0.2, 0.25) is 0 Å². The van der Waals surface area contributed by atoms with Gasteiger partial charge in [-0.15, -0.1) is 0 Å². The van der Waals surface area contributed by atoms with Crippen LogP contribution in [0.15, 0.2) is 16.6 Å². The molecule has 1 fully saturated rings. The molecule has 0 amide bonds. The molecule has 1 saturated heterocycles. The van der Waals surface area contributed by atoms with E-state index in [1.807, 2.05) is 0 Å². The highest BCUT2D eigenvalue weighted by atomic mass is 79.9. The van der Waals surface area contributed by atoms with Crippen LogP contribution in [-0.4, -0.2) is 6.54 Å². The molecule has 1 aromatic rings. The van der Waals surface area contributed by atoms with Crippen molar-refractivity contribution in [3.63, 3.8) is 0 Å². The monoisotopic (exact) mass is 253 g/mol. The molecule has 1 aromatic carbocycles. The normalized spacial score (nSPS) is 21.5. The van der Waals surface area contributed by atoms with E-state index in [4.69, 9.17) is 0 Å². The summed E-state index contributed by atoms with van der Waals surface area (Å²) in [6, 6.07) is 4.92. The second kappa shape index (κ2) is 4.03. The van der Waals surface area contributed by atoms with Crippen molar-refractivity contribution in [1.29, 1.82) is 0 Å². The SMILES string of the molecule is Cc1ccc(Br)c(C)c1C1CCCN1. The zero-order valence-electron chi connectivity index (χ0n) is 8.73. The summed E-state index contributed by atoms with van der Waals surface area (Å²) in [5.41, 5.74) is 4.30. The lowest BCUT2D eigenvalue weighted by Gasteiger charge is -2.17. The van der Waals surface area contributed by atoms with Gasteiger partial charge in [0.1, 0.15) is 0 Å². The highest BCUT2D eigenvalue weighted by Crippen LogP contribution is 2.32. The van der Waals surface area contributed by atoms with E-state index in [1.165, 1.54) is 34.0 Å². The van der Waals surface area contributed by atoms with Crippen LogP contribution < -0.4 is 5.32 Å². The summed E-state index contributed by atoms with van der Waals surface area (Å²) in [7, 11) is 0. The van der Waals surface area contributed by atoms with Crippen LogP contribution in [-0.2, 0) is 0 Å². The van der Waals surface area contributed by atoms with Crippen LogP contribution in [0.4, 0.5) is 0 Å². The van der Waals surface area contributed by atoms with Gasteiger partial charge in [-0.05, 0) is 56.0 Å². The lowest BCUT2D eigenvalue weighted by molar-refractivity contribution is 0.639. The van der Waals surface area contributed by atoms with Crippen molar-refractivity contribution in [2.45, 2.75) is 32.7 Å². The van der Waals surface area contributed by atoms with Crippen molar-refractivity contribution in [1.82, 2.24) is 5.32 Å². The molecule has 2 rings (SSSR count). The Morgan fingerprint density at radius 2 is 2.14 bits per heavy atom. The van der Waals surface area contributed by atoms with Crippen LogP contribution in [0.3, 0.4) is 0 Å². The highest BCUT2D eigenvalue weighted by molar-refractivity contribution is 9.10. The van der Waals surface area contributed by atoms with E-state index in [-0.39, 0.29) is 0 Å². The molecule has 2 heteroatoms. The van der Waals surface area contributed by atoms with Gasteiger partial charge in [0.05, 0.1) is 0 Å². The Hall–Kier alpha value is -0.340. The molecule has 0 saturated carbocycles. The van der Waals surface area contributed by atoms with Crippen LogP contribution in [0, 0.1) is 13.8 Å². The molecule has 1 nitrogen and oxygen atoms in total. The molecule has 0 spiro atoms. The van der Waals surface area contributed by atoms with Gasteiger partial charge in [-0.2, -0.15) is 0 Å². The number of hydrogen-bond donors (Lipinski definition) is 1. The summed E-state index contributed by atoms with van der Waals surface area (Å²) >= 11 is 3.60. The summed E-state index contributed by atoms with van der Waals surface area (Å²) in [6.45, 7) is 5.57. The molecule has 0 radical (unpaired) electrons. The van der Waals surface area contributed by atoms with Gasteiger partial charge >= 0.3 is 0 Å². The maximum Gasteiger partial charge on any atom is 0.0326 e. The van der Waals surface area contributed by atoms with Gasteiger partial charge in [-0.1, -0.05) is 22.0 Å². The van der Waals surface area contributed by atoms with E-state index in [9.17, 15) is 0 Å². The van der Waals surface area contributed by atoms with E-state index >= 15 is 0 Å². The topological polar surface area (TPSA) is 12.0 Å². The molecule has 1 aliphatic heterocycles. The third-order valence-corrected chi connectivity index (χ3v) is 3.93. The van der Waals surface area contributed by atoms with E-state index in [0.29, 0.717) is 6.04 Å². The predicted octanol–water partition coefficient (Wildman–Crippen LogP) is 3.49. The standard InChI is InChI=1S/C12H16BrN/c1-8-5-6-10(13)9(2)12(8)11-4-3-7-14-11/h5-6,11,14H,3-4,7H2,1-2H3. The molecule has 1 unspecified atom stereocenters. The van der Waals surface area contributed by atoms with Crippen molar-refractivity contribution < 1.29 is 0 Å². The smallest absolute Gasteiger partial charge is 0.0326 e. The van der Waals surface area contributed by atoms with Crippen molar-refractivity contribution in [3.8, 4) is 0 Å². The summed E-state index contributed by atoms with van der Waals surface area (Å²) in [5, 5.41) is 3.56. The molecule has 1 aliphatic rings. The number of benzene rings is 1. The molecular weight excluding hydrogens is 238 g/mol. The fourth-order valence-electron chi connectivity index (χ4n) is 2.30. The van der Waals surface area contributed by atoms with Crippen LogP contribution in [0.1, 0.15) is 35.6 Å². The first-order valence-electron chi connectivity index (χ1n) is 5.19. The summed E-state index contributed by atoms with van der Waals surface area (Å²) < 4.78 is 1.23. The molecule has 14 heavy (non-hydrogen) atoms. The number of aryl methyl sites for hydroxylation is 1. The zero-order chi connectivity index (χ0) is 10.1. The van der Waals surface area contributed by atoms with Gasteiger partial charge in [0.25, 0.3) is 0 Å². The third kappa shape index (κ3) is 1.73. The highest BCUT2D eigenvalue weighted by Gasteiger charge is 2.20. The quantitative estimate of drug-likeness (QED) is 0.808. The predicted molar refractivity (Wildman–Crippen MR) is 63.6 cm³/mol. The first-order valence-corrected chi connectivity index (χ1v) is 5.98. The number of rotatable bonds is 1. The average molecular weight is 254 g/mol. The number of halogens is 1. The lowest BCUT2D eigenvalue weighted by Crippen LogP contribution is -2.15. The van der Waals surface area contributed by atoms with Crippen molar-refractivity contribution in [2.24, 2.45) is 0 Å². The maximum atomic E-state index is 3.60. The fraction of sp³-hybridized carbons (Fsp3) is 0.500. The zero-order valence-corrected chi connectivity index (χ0v) is 10.3. The first kappa shape index (κ1) is 10.2. The average Bonchev–Trinajstić information content (AvgIpc) is 2.65. The molecule has 76 valence electrons. The molecule has 0 bridgehead atoms. The fourth-order valence-corrected chi connectivity index (χ4v) is 2.65. The molecule has 1 N–H and O–H groups in total. The van der Waals surface area contributed by atoms with E-state index < -0.39 is 0 Å². The number of hydrogen-bond acceptors (Lipinski definition) is 1. The second-order valence-electron chi connectivity index (χ2n) is 4.05. The van der Waals surface area contributed by atoms with Crippen molar-refractivity contribution >= 4 is 15.9 Å². The Balaban J connectivity index is 2.44. The Morgan fingerprint density at radius 1 is 1.36 bits per heavy atom. The van der Waals surface area contributed by atoms with E-state index in [0.717, 1.165) is 6.54 Å². The van der Waals surface area contributed by atoms with Crippen LogP contribution in [0.25, 0.3) is 0 Å². The van der Waals surface area contributed by atoms with E-state index in [2.05, 4.69) is 47.2 Å². The summed E-state index contributed by atoms with van der Waals surface area (Å²) in [6.07, 6.45) is 2.58. The maximum absolute atomic E-state index is 3.60. The van der Waals surface area contributed by atoms with Gasteiger partial charge in [0.15, 0.2) is 0 Å². The first-order chi connectivity index (χ1) is 6.70. The Kier molecular flexibility index (Phi) is 2.93. The minimum Gasteiger partial charge on any atom is -0.310 e. The minimum absolute atomic E-state index is 0.576. The largest absolute Gasteiger partial charge is 0.310 e. The van der Waals surface area contributed by atoms with Crippen molar-refractivity contribution in [2.75, 3.05) is 6.54 Å².